The molecule has 2 aromatic heterocycles. The summed E-state index contributed by atoms with van der Waals surface area (Å²) in [4.78, 5) is 22.1. The van der Waals surface area contributed by atoms with Gasteiger partial charge in [-0.3, -0.25) is 4.79 Å². The maximum absolute atomic E-state index is 13.4. The quantitative estimate of drug-likeness (QED) is 0.461. The van der Waals surface area contributed by atoms with Gasteiger partial charge in [0.1, 0.15) is 0 Å². The molecule has 1 aliphatic heterocycles. The fraction of sp³-hybridized carbons (Fsp3) is 0.240. The molecule has 1 saturated heterocycles. The number of hydrogen-bond acceptors (Lipinski definition) is 4. The van der Waals surface area contributed by atoms with Crippen molar-refractivity contribution in [1.29, 1.82) is 0 Å². The molecular formula is C25H24ClN5O. The Labute approximate surface area is 192 Å². The second kappa shape index (κ2) is 8.63. The van der Waals surface area contributed by atoms with Crippen molar-refractivity contribution in [3.63, 3.8) is 0 Å². The third kappa shape index (κ3) is 3.82. The van der Waals surface area contributed by atoms with Crippen molar-refractivity contribution in [2.24, 2.45) is 0 Å². The maximum atomic E-state index is 13.4. The lowest BCUT2D eigenvalue weighted by Crippen LogP contribution is -2.49. The molecule has 6 nitrogen and oxygen atoms in total. The van der Waals surface area contributed by atoms with E-state index in [0.717, 1.165) is 46.4 Å². The zero-order valence-corrected chi connectivity index (χ0v) is 18.7. The number of anilines is 1. The minimum absolute atomic E-state index is 0.0127. The summed E-state index contributed by atoms with van der Waals surface area (Å²) in [6, 6.07) is 19.8. The van der Waals surface area contributed by atoms with Crippen molar-refractivity contribution >= 4 is 28.8 Å². The van der Waals surface area contributed by atoms with E-state index >= 15 is 0 Å². The minimum atomic E-state index is 0.0127. The van der Waals surface area contributed by atoms with E-state index in [2.05, 4.69) is 16.0 Å². The summed E-state index contributed by atoms with van der Waals surface area (Å²) in [5.74, 6) is 0.0127. The van der Waals surface area contributed by atoms with Gasteiger partial charge >= 0.3 is 0 Å². The number of hydrogen-bond donors (Lipinski definition) is 0. The molecule has 4 aromatic rings. The number of amides is 1. The zero-order valence-electron chi connectivity index (χ0n) is 17.9. The molecule has 3 heterocycles. The summed E-state index contributed by atoms with van der Waals surface area (Å²) in [5, 5.41) is 5.49. The van der Waals surface area contributed by atoms with Crippen molar-refractivity contribution in [3.8, 4) is 11.3 Å². The highest BCUT2D eigenvalue weighted by Crippen LogP contribution is 2.24. The van der Waals surface area contributed by atoms with E-state index in [1.165, 1.54) is 0 Å². The lowest BCUT2D eigenvalue weighted by atomic mass is 10.1. The highest BCUT2D eigenvalue weighted by atomic mass is 35.5. The molecule has 5 rings (SSSR count). The van der Waals surface area contributed by atoms with Gasteiger partial charge in [0.05, 0.1) is 17.0 Å². The molecule has 162 valence electrons. The molecule has 0 saturated carbocycles. The lowest BCUT2D eigenvalue weighted by molar-refractivity contribution is 0.0744. The van der Waals surface area contributed by atoms with E-state index < -0.39 is 0 Å². The first-order valence-corrected chi connectivity index (χ1v) is 11.2. The van der Waals surface area contributed by atoms with Gasteiger partial charge in [0.25, 0.3) is 5.91 Å². The molecule has 0 spiro atoms. The molecule has 7 heteroatoms. The third-order valence-electron chi connectivity index (χ3n) is 5.96. The predicted molar refractivity (Wildman–Crippen MR) is 127 cm³/mol. The Hall–Kier alpha value is -3.38. The van der Waals surface area contributed by atoms with E-state index in [1.54, 1.807) is 6.20 Å². The number of aromatic nitrogens is 3. The second-order valence-corrected chi connectivity index (χ2v) is 8.33. The van der Waals surface area contributed by atoms with Gasteiger partial charge in [-0.2, -0.15) is 5.10 Å². The number of carbonyl (C=O) groups excluding carboxylic acids is 1. The molecule has 32 heavy (non-hydrogen) atoms. The van der Waals surface area contributed by atoms with Crippen molar-refractivity contribution in [3.05, 3.63) is 83.1 Å². The van der Waals surface area contributed by atoms with Crippen LogP contribution in [0.1, 0.15) is 23.0 Å². The summed E-state index contributed by atoms with van der Waals surface area (Å²) < 4.78 is 1.82. The Bertz CT molecular complexity index is 1260. The fourth-order valence-corrected chi connectivity index (χ4v) is 4.45. The SMILES string of the molecule is CCc1c(C(=O)N2CCN(c3cccc(Cl)c3)CC2)cnc2cc(-c3ccccc3)nn12. The topological polar surface area (TPSA) is 53.7 Å². The molecule has 1 fully saturated rings. The average molecular weight is 446 g/mol. The maximum Gasteiger partial charge on any atom is 0.257 e. The fourth-order valence-electron chi connectivity index (χ4n) is 4.26. The van der Waals surface area contributed by atoms with Crippen LogP contribution in [0.2, 0.25) is 5.02 Å². The normalized spacial score (nSPS) is 14.2. The van der Waals surface area contributed by atoms with Gasteiger partial charge in [0, 0.05) is 54.7 Å². The molecule has 0 bridgehead atoms. The number of carbonyl (C=O) groups is 1. The van der Waals surface area contributed by atoms with Crippen molar-refractivity contribution in [1.82, 2.24) is 19.5 Å². The largest absolute Gasteiger partial charge is 0.368 e. The van der Waals surface area contributed by atoms with Crippen LogP contribution in [0, 0.1) is 0 Å². The van der Waals surface area contributed by atoms with Crippen molar-refractivity contribution < 1.29 is 4.79 Å². The number of fused-ring (bicyclic) bond motifs is 1. The van der Waals surface area contributed by atoms with E-state index in [9.17, 15) is 4.79 Å². The number of rotatable bonds is 4. The summed E-state index contributed by atoms with van der Waals surface area (Å²) in [7, 11) is 0. The van der Waals surface area contributed by atoms with Crippen LogP contribution in [0.3, 0.4) is 0 Å². The van der Waals surface area contributed by atoms with Crippen molar-refractivity contribution in [2.45, 2.75) is 13.3 Å². The number of halogens is 1. The average Bonchev–Trinajstić information content (AvgIpc) is 3.28. The number of nitrogens with zero attached hydrogens (tertiary/aromatic N) is 5. The van der Waals surface area contributed by atoms with Crippen LogP contribution in [0.4, 0.5) is 5.69 Å². The highest BCUT2D eigenvalue weighted by molar-refractivity contribution is 6.30. The first-order valence-electron chi connectivity index (χ1n) is 10.9. The summed E-state index contributed by atoms with van der Waals surface area (Å²) >= 11 is 6.14. The van der Waals surface area contributed by atoms with Crippen LogP contribution >= 0.6 is 11.6 Å². The molecule has 0 N–H and O–H groups in total. The molecular weight excluding hydrogens is 422 g/mol. The Morgan fingerprint density at radius 1 is 1.00 bits per heavy atom. The Balaban J connectivity index is 1.39. The van der Waals surface area contributed by atoms with Crippen LogP contribution in [-0.2, 0) is 6.42 Å². The summed E-state index contributed by atoms with van der Waals surface area (Å²) in [5.41, 5.74) is 5.24. The first-order chi connectivity index (χ1) is 15.6. The van der Waals surface area contributed by atoms with Gasteiger partial charge in [-0.1, -0.05) is 54.9 Å². The molecule has 0 radical (unpaired) electrons. The molecule has 1 aliphatic rings. The lowest BCUT2D eigenvalue weighted by Gasteiger charge is -2.36. The van der Waals surface area contributed by atoms with E-state index in [-0.39, 0.29) is 5.91 Å². The third-order valence-corrected chi connectivity index (χ3v) is 6.19. The van der Waals surface area contributed by atoms with Crippen LogP contribution in [0.15, 0.2) is 66.9 Å². The number of aryl methyl sites for hydroxylation is 1. The van der Waals surface area contributed by atoms with Crippen molar-refractivity contribution in [2.75, 3.05) is 31.1 Å². The number of piperazine rings is 1. The van der Waals surface area contributed by atoms with Gasteiger partial charge in [-0.25, -0.2) is 9.50 Å². The van der Waals surface area contributed by atoms with E-state index in [0.29, 0.717) is 25.1 Å². The zero-order chi connectivity index (χ0) is 22.1. The molecule has 1 amide bonds. The van der Waals surface area contributed by atoms with Crippen LogP contribution in [0.5, 0.6) is 0 Å². The Kier molecular flexibility index (Phi) is 5.53. The summed E-state index contributed by atoms with van der Waals surface area (Å²) in [6.07, 6.45) is 2.40. The molecule has 0 atom stereocenters. The highest BCUT2D eigenvalue weighted by Gasteiger charge is 2.25. The van der Waals surface area contributed by atoms with Gasteiger partial charge in [0.15, 0.2) is 5.65 Å². The van der Waals surface area contributed by atoms with Gasteiger partial charge in [-0.15, -0.1) is 0 Å². The second-order valence-electron chi connectivity index (χ2n) is 7.90. The van der Waals surface area contributed by atoms with Gasteiger partial charge in [-0.05, 0) is 24.6 Å². The summed E-state index contributed by atoms with van der Waals surface area (Å²) in [6.45, 7) is 4.89. The number of benzene rings is 2. The van der Waals surface area contributed by atoms with Gasteiger partial charge < -0.3 is 9.80 Å². The minimum Gasteiger partial charge on any atom is -0.368 e. The molecule has 2 aromatic carbocycles. The Morgan fingerprint density at radius 2 is 1.78 bits per heavy atom. The monoisotopic (exact) mass is 445 g/mol. The van der Waals surface area contributed by atoms with Gasteiger partial charge in [0.2, 0.25) is 0 Å². The van der Waals surface area contributed by atoms with E-state index in [4.69, 9.17) is 16.7 Å². The Morgan fingerprint density at radius 3 is 2.50 bits per heavy atom. The first kappa shape index (κ1) is 20.5. The predicted octanol–water partition coefficient (Wildman–Crippen LogP) is 4.57. The van der Waals surface area contributed by atoms with Crippen LogP contribution < -0.4 is 4.90 Å². The van der Waals surface area contributed by atoms with Crippen LogP contribution in [-0.4, -0.2) is 51.6 Å². The standard InChI is InChI=1S/C25H24ClN5O/c1-2-23-21(17-27-24-16-22(28-31(23)24)18-7-4-3-5-8-18)25(32)30-13-11-29(12-14-30)20-10-6-9-19(26)15-20/h3-10,15-17H,2,11-14H2,1H3. The molecule has 0 aliphatic carbocycles. The van der Waals surface area contributed by atoms with E-state index in [1.807, 2.05) is 70.9 Å². The smallest absolute Gasteiger partial charge is 0.257 e. The molecule has 0 unspecified atom stereocenters. The van der Waals surface area contributed by atoms with Crippen LogP contribution in [0.25, 0.3) is 16.9 Å².